The molecule has 1 aromatic carbocycles. The summed E-state index contributed by atoms with van der Waals surface area (Å²) in [5.41, 5.74) is 2.05. The normalized spacial score (nSPS) is 18.5. The standard InChI is InChI=1S/C27H29FN4O4/c1-17-14-32(18(2)16-33)27(35)23-11-21(19-6-8-22(28)9-7-19)13-30-25(23)36-24(17)15-31(3)26(34)20-5-4-10-29-12-20/h4-13,17-18,24,33H,14-16H2,1-3H3/t17-,18+,24-/m0/s1. The average molecular weight is 493 g/mol. The van der Waals surface area contributed by atoms with Gasteiger partial charge in [0.2, 0.25) is 5.88 Å². The largest absolute Gasteiger partial charge is 0.472 e. The van der Waals surface area contributed by atoms with Gasteiger partial charge in [0.25, 0.3) is 11.8 Å². The van der Waals surface area contributed by atoms with E-state index in [4.69, 9.17) is 4.74 Å². The Labute approximate surface area is 209 Å². The third kappa shape index (κ3) is 5.36. The first-order chi connectivity index (χ1) is 17.3. The number of rotatable bonds is 6. The number of halogens is 1. The van der Waals surface area contributed by atoms with Gasteiger partial charge < -0.3 is 19.6 Å². The van der Waals surface area contributed by atoms with Crippen molar-refractivity contribution < 1.29 is 23.8 Å². The van der Waals surface area contributed by atoms with E-state index >= 15 is 0 Å². The van der Waals surface area contributed by atoms with Crippen molar-refractivity contribution in [2.45, 2.75) is 26.0 Å². The molecule has 1 aliphatic heterocycles. The second-order valence-electron chi connectivity index (χ2n) is 9.13. The number of ether oxygens (including phenoxy) is 1. The highest BCUT2D eigenvalue weighted by molar-refractivity contribution is 5.98. The van der Waals surface area contributed by atoms with Crippen molar-refractivity contribution >= 4 is 11.8 Å². The molecule has 1 aliphatic rings. The van der Waals surface area contributed by atoms with Crippen LogP contribution in [0.2, 0.25) is 0 Å². The molecule has 0 radical (unpaired) electrons. The number of aliphatic hydroxyl groups is 1. The second-order valence-corrected chi connectivity index (χ2v) is 9.13. The number of carbonyl (C=O) groups is 2. The average Bonchev–Trinajstić information content (AvgIpc) is 2.90. The number of aliphatic hydroxyl groups excluding tert-OH is 1. The van der Waals surface area contributed by atoms with Crippen LogP contribution in [0.1, 0.15) is 34.6 Å². The molecule has 3 atom stereocenters. The highest BCUT2D eigenvalue weighted by atomic mass is 19.1. The van der Waals surface area contributed by atoms with Crippen molar-refractivity contribution in [3.8, 4) is 17.0 Å². The van der Waals surface area contributed by atoms with Crippen molar-refractivity contribution in [3.05, 3.63) is 78.0 Å². The molecule has 0 fully saturated rings. The quantitative estimate of drug-likeness (QED) is 0.568. The first kappa shape index (κ1) is 25.2. The Morgan fingerprint density at radius 1 is 1.25 bits per heavy atom. The molecule has 0 bridgehead atoms. The molecular formula is C27H29FN4O4. The fourth-order valence-electron chi connectivity index (χ4n) is 4.18. The maximum absolute atomic E-state index is 13.6. The third-order valence-electron chi connectivity index (χ3n) is 6.41. The van der Waals surface area contributed by atoms with Crippen molar-refractivity contribution in [1.29, 1.82) is 0 Å². The number of aromatic nitrogens is 2. The van der Waals surface area contributed by atoms with Gasteiger partial charge in [0.1, 0.15) is 17.5 Å². The van der Waals surface area contributed by atoms with Gasteiger partial charge in [-0.1, -0.05) is 19.1 Å². The van der Waals surface area contributed by atoms with E-state index in [2.05, 4.69) is 9.97 Å². The molecule has 0 saturated heterocycles. The van der Waals surface area contributed by atoms with Gasteiger partial charge in [-0.3, -0.25) is 14.6 Å². The zero-order valence-corrected chi connectivity index (χ0v) is 20.5. The molecule has 2 amide bonds. The zero-order valence-electron chi connectivity index (χ0n) is 20.5. The highest BCUT2D eigenvalue weighted by Crippen LogP contribution is 2.30. The Balaban J connectivity index is 1.68. The van der Waals surface area contributed by atoms with Crippen LogP contribution in [0.3, 0.4) is 0 Å². The van der Waals surface area contributed by atoms with Gasteiger partial charge in [-0.15, -0.1) is 0 Å². The number of carbonyl (C=O) groups excluding carboxylic acids is 2. The van der Waals surface area contributed by atoms with Gasteiger partial charge in [0, 0.05) is 43.7 Å². The molecule has 0 aliphatic carbocycles. The lowest BCUT2D eigenvalue weighted by atomic mass is 9.99. The summed E-state index contributed by atoms with van der Waals surface area (Å²) in [5, 5.41) is 9.83. The van der Waals surface area contributed by atoms with E-state index < -0.39 is 12.1 Å². The van der Waals surface area contributed by atoms with Crippen LogP contribution >= 0.6 is 0 Å². The van der Waals surface area contributed by atoms with Crippen molar-refractivity contribution in [2.24, 2.45) is 5.92 Å². The van der Waals surface area contributed by atoms with Gasteiger partial charge in [-0.25, -0.2) is 9.37 Å². The first-order valence-electron chi connectivity index (χ1n) is 11.8. The molecule has 8 nitrogen and oxygen atoms in total. The fraction of sp³-hybridized carbons (Fsp3) is 0.333. The summed E-state index contributed by atoms with van der Waals surface area (Å²) < 4.78 is 19.7. The predicted octanol–water partition coefficient (Wildman–Crippen LogP) is 3.28. The van der Waals surface area contributed by atoms with E-state index in [1.807, 2.05) is 6.92 Å². The first-order valence-corrected chi connectivity index (χ1v) is 11.8. The van der Waals surface area contributed by atoms with E-state index in [0.717, 1.165) is 0 Å². The zero-order chi connectivity index (χ0) is 25.8. The summed E-state index contributed by atoms with van der Waals surface area (Å²) in [6.07, 6.45) is 4.22. The Hall–Kier alpha value is -3.85. The Morgan fingerprint density at radius 3 is 2.67 bits per heavy atom. The van der Waals surface area contributed by atoms with Crippen LogP contribution in [0.4, 0.5) is 4.39 Å². The van der Waals surface area contributed by atoms with E-state index in [-0.39, 0.29) is 48.1 Å². The summed E-state index contributed by atoms with van der Waals surface area (Å²) in [7, 11) is 1.69. The minimum Gasteiger partial charge on any atom is -0.472 e. The number of hydrogen-bond donors (Lipinski definition) is 1. The molecule has 0 saturated carbocycles. The minimum absolute atomic E-state index is 0.153. The third-order valence-corrected chi connectivity index (χ3v) is 6.41. The molecule has 0 spiro atoms. The van der Waals surface area contributed by atoms with Crippen LogP contribution < -0.4 is 4.74 Å². The smallest absolute Gasteiger partial charge is 0.259 e. The molecule has 1 N–H and O–H groups in total. The number of hydrogen-bond acceptors (Lipinski definition) is 6. The van der Waals surface area contributed by atoms with Crippen LogP contribution in [-0.2, 0) is 0 Å². The van der Waals surface area contributed by atoms with E-state index in [1.54, 1.807) is 66.5 Å². The van der Waals surface area contributed by atoms with Crippen molar-refractivity contribution in [3.63, 3.8) is 0 Å². The predicted molar refractivity (Wildman–Crippen MR) is 132 cm³/mol. The van der Waals surface area contributed by atoms with Crippen LogP contribution in [-0.4, -0.2) is 75.6 Å². The lowest BCUT2D eigenvalue weighted by Gasteiger charge is -2.37. The summed E-state index contributed by atoms with van der Waals surface area (Å²) in [4.78, 5) is 38.1. The fourth-order valence-corrected chi connectivity index (χ4v) is 4.18. The molecular weight excluding hydrogens is 463 g/mol. The molecule has 2 aromatic heterocycles. The number of amides is 2. The number of likely N-dealkylation sites (N-methyl/N-ethyl adjacent to an activating group) is 1. The van der Waals surface area contributed by atoms with Crippen LogP contribution in [0.15, 0.2) is 61.1 Å². The van der Waals surface area contributed by atoms with E-state index in [0.29, 0.717) is 23.2 Å². The number of benzene rings is 1. The lowest BCUT2D eigenvalue weighted by Crippen LogP contribution is -2.50. The number of fused-ring (bicyclic) bond motifs is 1. The Bertz CT molecular complexity index is 1220. The second kappa shape index (κ2) is 10.8. The maximum atomic E-state index is 13.6. The summed E-state index contributed by atoms with van der Waals surface area (Å²) in [5.74, 6) is -0.883. The molecule has 188 valence electrons. The lowest BCUT2D eigenvalue weighted by molar-refractivity contribution is 0.0313. The van der Waals surface area contributed by atoms with Crippen LogP contribution in [0, 0.1) is 11.7 Å². The van der Waals surface area contributed by atoms with Gasteiger partial charge in [-0.2, -0.15) is 0 Å². The van der Waals surface area contributed by atoms with Gasteiger partial charge in [0.15, 0.2) is 0 Å². The summed E-state index contributed by atoms with van der Waals surface area (Å²) in [6, 6.07) is 10.6. The molecule has 0 unspecified atom stereocenters. The summed E-state index contributed by atoms with van der Waals surface area (Å²) in [6.45, 7) is 4.09. The van der Waals surface area contributed by atoms with E-state index in [9.17, 15) is 19.1 Å². The Kier molecular flexibility index (Phi) is 7.59. The molecule has 4 rings (SSSR count). The van der Waals surface area contributed by atoms with Gasteiger partial charge in [0.05, 0.1) is 24.8 Å². The topological polar surface area (TPSA) is 95.9 Å². The molecule has 9 heteroatoms. The van der Waals surface area contributed by atoms with Gasteiger partial charge in [-0.05, 0) is 42.8 Å². The van der Waals surface area contributed by atoms with Crippen LogP contribution in [0.25, 0.3) is 11.1 Å². The summed E-state index contributed by atoms with van der Waals surface area (Å²) >= 11 is 0. The number of pyridine rings is 2. The highest BCUT2D eigenvalue weighted by Gasteiger charge is 2.35. The number of nitrogens with zero attached hydrogens (tertiary/aromatic N) is 4. The van der Waals surface area contributed by atoms with Crippen molar-refractivity contribution in [1.82, 2.24) is 19.8 Å². The minimum atomic E-state index is -0.472. The van der Waals surface area contributed by atoms with Crippen LogP contribution in [0.5, 0.6) is 5.88 Å². The molecule has 3 heterocycles. The monoisotopic (exact) mass is 492 g/mol. The van der Waals surface area contributed by atoms with Gasteiger partial charge >= 0.3 is 0 Å². The SMILES string of the molecule is C[C@H](CO)N1C[C@H](C)[C@H](CN(C)C(=O)c2cccnc2)Oc2ncc(-c3ccc(F)cc3)cc2C1=O. The molecule has 36 heavy (non-hydrogen) atoms. The Morgan fingerprint density at radius 2 is 2.00 bits per heavy atom. The van der Waals surface area contributed by atoms with Crippen molar-refractivity contribution in [2.75, 3.05) is 26.7 Å². The van der Waals surface area contributed by atoms with E-state index in [1.165, 1.54) is 18.3 Å². The molecule has 3 aromatic rings. The maximum Gasteiger partial charge on any atom is 0.259 e.